The molecule has 4 rings (SSSR count). The Kier molecular flexibility index (Phi) is 8.20. The zero-order valence-electron chi connectivity index (χ0n) is 20.7. The number of carbonyl (C=O) groups is 1. The van der Waals surface area contributed by atoms with E-state index in [0.717, 1.165) is 44.6 Å². The maximum atomic E-state index is 12.6. The van der Waals surface area contributed by atoms with Crippen molar-refractivity contribution in [3.05, 3.63) is 94.4 Å². The Hall–Kier alpha value is -3.88. The average Bonchev–Trinajstić information content (AvgIpc) is 3.42. The Morgan fingerprint density at radius 2 is 1.78 bits per heavy atom. The van der Waals surface area contributed by atoms with E-state index in [0.29, 0.717) is 25.2 Å². The van der Waals surface area contributed by atoms with Gasteiger partial charge in [-0.3, -0.25) is 4.79 Å². The standard InChI is InChI=1S/C28H30N4O3S/c1-32(28-31-25(18-36-28)24-14-23(34-2)11-12-26(24)35-3)17-19-7-9-22(10-8-19)27(33)30-16-21-6-4-5-20(13-21)15-29/h4-14,18H,15-17,29H2,1-3H3,(H,30,33). The van der Waals surface area contributed by atoms with E-state index in [-0.39, 0.29) is 5.91 Å². The maximum absolute atomic E-state index is 12.6. The van der Waals surface area contributed by atoms with Crippen LogP contribution in [0.3, 0.4) is 0 Å². The Balaban J connectivity index is 1.38. The molecule has 0 saturated heterocycles. The molecular formula is C28H30N4O3S. The number of hydrogen-bond acceptors (Lipinski definition) is 7. The molecule has 36 heavy (non-hydrogen) atoms. The van der Waals surface area contributed by atoms with E-state index in [4.69, 9.17) is 20.2 Å². The van der Waals surface area contributed by atoms with Crippen LogP contribution in [-0.2, 0) is 19.6 Å². The Morgan fingerprint density at radius 1 is 1.00 bits per heavy atom. The van der Waals surface area contributed by atoms with Crippen LogP contribution in [0.4, 0.5) is 5.13 Å². The molecule has 0 bridgehead atoms. The first-order valence-corrected chi connectivity index (χ1v) is 12.4. The predicted molar refractivity (Wildman–Crippen MR) is 145 cm³/mol. The van der Waals surface area contributed by atoms with E-state index >= 15 is 0 Å². The summed E-state index contributed by atoms with van der Waals surface area (Å²) in [7, 11) is 5.29. The number of nitrogens with zero attached hydrogens (tertiary/aromatic N) is 2. The van der Waals surface area contributed by atoms with Gasteiger partial charge < -0.3 is 25.4 Å². The van der Waals surface area contributed by atoms with Crippen LogP contribution in [0.5, 0.6) is 11.5 Å². The largest absolute Gasteiger partial charge is 0.497 e. The van der Waals surface area contributed by atoms with E-state index in [1.165, 1.54) is 0 Å². The fourth-order valence-electron chi connectivity index (χ4n) is 3.83. The predicted octanol–water partition coefficient (Wildman–Crippen LogP) is 4.85. The molecule has 0 spiro atoms. The number of hydrogen-bond donors (Lipinski definition) is 2. The average molecular weight is 503 g/mol. The van der Waals surface area contributed by atoms with Gasteiger partial charge in [0.2, 0.25) is 0 Å². The third-order valence-corrected chi connectivity index (χ3v) is 6.77. The van der Waals surface area contributed by atoms with Crippen molar-refractivity contribution in [2.24, 2.45) is 5.73 Å². The normalized spacial score (nSPS) is 10.7. The number of nitrogens with one attached hydrogen (secondary N) is 1. The lowest BCUT2D eigenvalue weighted by Gasteiger charge is -2.16. The highest BCUT2D eigenvalue weighted by Crippen LogP contribution is 2.35. The second-order valence-electron chi connectivity index (χ2n) is 8.34. The molecule has 4 aromatic rings. The first-order chi connectivity index (χ1) is 17.5. The van der Waals surface area contributed by atoms with Crippen LogP contribution in [0.2, 0.25) is 0 Å². The smallest absolute Gasteiger partial charge is 0.251 e. The van der Waals surface area contributed by atoms with Crippen molar-refractivity contribution in [2.75, 3.05) is 26.2 Å². The molecule has 0 unspecified atom stereocenters. The molecule has 3 N–H and O–H groups in total. The summed E-state index contributed by atoms with van der Waals surface area (Å²) in [6.07, 6.45) is 0. The number of ether oxygens (including phenoxy) is 2. The monoisotopic (exact) mass is 502 g/mol. The van der Waals surface area contributed by atoms with Crippen LogP contribution in [0.15, 0.2) is 72.1 Å². The van der Waals surface area contributed by atoms with E-state index < -0.39 is 0 Å². The summed E-state index contributed by atoms with van der Waals surface area (Å²) in [5, 5.41) is 5.87. The van der Waals surface area contributed by atoms with Crippen LogP contribution in [-0.4, -0.2) is 32.2 Å². The molecule has 7 nitrogen and oxygen atoms in total. The molecule has 186 valence electrons. The quantitative estimate of drug-likeness (QED) is 0.322. The molecule has 0 atom stereocenters. The number of amides is 1. The summed E-state index contributed by atoms with van der Waals surface area (Å²) in [6.45, 7) is 1.60. The van der Waals surface area contributed by atoms with Gasteiger partial charge in [-0.15, -0.1) is 11.3 Å². The molecule has 1 amide bonds. The summed E-state index contributed by atoms with van der Waals surface area (Å²) in [6, 6.07) is 21.2. The molecule has 0 aliphatic rings. The number of methoxy groups -OCH3 is 2. The van der Waals surface area contributed by atoms with Crippen molar-refractivity contribution in [3.63, 3.8) is 0 Å². The molecule has 3 aromatic carbocycles. The van der Waals surface area contributed by atoms with Crippen LogP contribution < -0.4 is 25.4 Å². The van der Waals surface area contributed by atoms with Gasteiger partial charge in [0, 0.05) is 43.2 Å². The SMILES string of the molecule is COc1ccc(OC)c(-c2csc(N(C)Cc3ccc(C(=O)NCc4cccc(CN)c4)cc3)n2)c1. The fourth-order valence-corrected chi connectivity index (χ4v) is 4.62. The molecule has 0 aliphatic heterocycles. The van der Waals surface area contributed by atoms with Gasteiger partial charge in [0.05, 0.1) is 19.9 Å². The van der Waals surface area contributed by atoms with E-state index in [9.17, 15) is 4.79 Å². The molecule has 0 fully saturated rings. The molecule has 0 saturated carbocycles. The molecule has 1 heterocycles. The van der Waals surface area contributed by atoms with Crippen molar-refractivity contribution < 1.29 is 14.3 Å². The van der Waals surface area contributed by atoms with Gasteiger partial charge in [0.15, 0.2) is 5.13 Å². The Bertz CT molecular complexity index is 1320. The summed E-state index contributed by atoms with van der Waals surface area (Å²) in [4.78, 5) is 19.5. The van der Waals surface area contributed by atoms with Gasteiger partial charge in [-0.25, -0.2) is 4.98 Å². The highest BCUT2D eigenvalue weighted by atomic mass is 32.1. The number of thiazole rings is 1. The van der Waals surface area contributed by atoms with Crippen molar-refractivity contribution in [2.45, 2.75) is 19.6 Å². The summed E-state index contributed by atoms with van der Waals surface area (Å²) < 4.78 is 10.9. The van der Waals surface area contributed by atoms with Gasteiger partial charge in [-0.1, -0.05) is 36.4 Å². The van der Waals surface area contributed by atoms with Gasteiger partial charge in [-0.2, -0.15) is 0 Å². The van der Waals surface area contributed by atoms with E-state index in [1.807, 2.05) is 79.2 Å². The molecule has 0 aliphatic carbocycles. The zero-order valence-corrected chi connectivity index (χ0v) is 21.5. The Labute approximate surface area is 215 Å². The third-order valence-electron chi connectivity index (χ3n) is 5.82. The van der Waals surface area contributed by atoms with E-state index in [2.05, 4.69) is 10.2 Å². The first-order valence-electron chi connectivity index (χ1n) is 11.5. The zero-order chi connectivity index (χ0) is 25.5. The second-order valence-corrected chi connectivity index (χ2v) is 9.18. The number of carbonyl (C=O) groups excluding carboxylic acids is 1. The number of rotatable bonds is 10. The van der Waals surface area contributed by atoms with Crippen molar-refractivity contribution >= 4 is 22.4 Å². The van der Waals surface area contributed by atoms with Crippen LogP contribution in [0.1, 0.15) is 27.0 Å². The minimum Gasteiger partial charge on any atom is -0.497 e. The summed E-state index contributed by atoms with van der Waals surface area (Å²) in [5.41, 5.74) is 11.2. The first kappa shape index (κ1) is 25.2. The molecular weight excluding hydrogens is 472 g/mol. The molecule has 1 aromatic heterocycles. The van der Waals surface area contributed by atoms with Crippen molar-refractivity contribution in [1.29, 1.82) is 0 Å². The lowest BCUT2D eigenvalue weighted by molar-refractivity contribution is 0.0951. The maximum Gasteiger partial charge on any atom is 0.251 e. The number of nitrogens with two attached hydrogens (primary N) is 1. The third kappa shape index (κ3) is 6.02. The highest BCUT2D eigenvalue weighted by Gasteiger charge is 2.14. The van der Waals surface area contributed by atoms with E-state index in [1.54, 1.807) is 25.6 Å². The van der Waals surface area contributed by atoms with Gasteiger partial charge in [0.25, 0.3) is 5.91 Å². The lowest BCUT2D eigenvalue weighted by atomic mass is 10.1. The van der Waals surface area contributed by atoms with Gasteiger partial charge in [0.1, 0.15) is 11.5 Å². The van der Waals surface area contributed by atoms with Crippen molar-refractivity contribution in [3.8, 4) is 22.8 Å². The summed E-state index contributed by atoms with van der Waals surface area (Å²) >= 11 is 1.57. The minimum absolute atomic E-state index is 0.107. The lowest BCUT2D eigenvalue weighted by Crippen LogP contribution is -2.23. The number of aromatic nitrogens is 1. The highest BCUT2D eigenvalue weighted by molar-refractivity contribution is 7.14. The Morgan fingerprint density at radius 3 is 2.50 bits per heavy atom. The fraction of sp³-hybridized carbons (Fsp3) is 0.214. The molecule has 0 radical (unpaired) electrons. The van der Waals surface area contributed by atoms with Crippen LogP contribution >= 0.6 is 11.3 Å². The van der Waals surface area contributed by atoms with Gasteiger partial charge in [-0.05, 0) is 47.0 Å². The van der Waals surface area contributed by atoms with Gasteiger partial charge >= 0.3 is 0 Å². The second kappa shape index (κ2) is 11.7. The summed E-state index contributed by atoms with van der Waals surface area (Å²) in [5.74, 6) is 1.39. The minimum atomic E-state index is -0.107. The number of anilines is 1. The van der Waals surface area contributed by atoms with Crippen molar-refractivity contribution in [1.82, 2.24) is 10.3 Å². The number of benzene rings is 3. The molecule has 8 heteroatoms. The van der Waals surface area contributed by atoms with Crippen LogP contribution in [0.25, 0.3) is 11.3 Å². The topological polar surface area (TPSA) is 89.7 Å². The van der Waals surface area contributed by atoms with Crippen LogP contribution in [0, 0.1) is 0 Å².